The highest BCUT2D eigenvalue weighted by Crippen LogP contribution is 2.20. The maximum atomic E-state index is 8.89. The predicted molar refractivity (Wildman–Crippen MR) is 73.1 cm³/mol. The van der Waals surface area contributed by atoms with Gasteiger partial charge >= 0.3 is 0 Å². The zero-order valence-corrected chi connectivity index (χ0v) is 11.2. The van der Waals surface area contributed by atoms with E-state index in [9.17, 15) is 0 Å². The minimum absolute atomic E-state index is 0.222. The Bertz CT molecular complexity index is 355. The molecule has 0 heterocycles. The predicted octanol–water partition coefficient (Wildman–Crippen LogP) is 2.51. The first-order chi connectivity index (χ1) is 8.04. The van der Waals surface area contributed by atoms with Gasteiger partial charge in [-0.05, 0) is 38.0 Å². The Labute approximate surface area is 108 Å². The summed E-state index contributed by atoms with van der Waals surface area (Å²) in [7, 11) is 0. The summed E-state index contributed by atoms with van der Waals surface area (Å²) in [5.74, 6) is 0. The van der Waals surface area contributed by atoms with Crippen LogP contribution in [0.2, 0.25) is 5.02 Å². The van der Waals surface area contributed by atoms with Crippen molar-refractivity contribution in [2.45, 2.75) is 32.9 Å². The number of nitrogens with zero attached hydrogens (tertiary/aromatic N) is 1. The summed E-state index contributed by atoms with van der Waals surface area (Å²) < 4.78 is 0. The van der Waals surface area contributed by atoms with Crippen molar-refractivity contribution in [1.82, 2.24) is 4.90 Å². The normalized spacial score (nSPS) is 11.4. The van der Waals surface area contributed by atoms with Gasteiger partial charge in [-0.1, -0.05) is 17.7 Å². The highest BCUT2D eigenvalue weighted by atomic mass is 35.5. The molecule has 0 fully saturated rings. The second-order valence-corrected chi connectivity index (χ2v) is 4.92. The number of benzene rings is 1. The lowest BCUT2D eigenvalue weighted by atomic mass is 10.1. The van der Waals surface area contributed by atoms with Crippen LogP contribution in [0.4, 0.5) is 5.69 Å². The summed E-state index contributed by atoms with van der Waals surface area (Å²) in [6.07, 6.45) is 0.783. The summed E-state index contributed by atoms with van der Waals surface area (Å²) in [6, 6.07) is 6.03. The number of nitrogen functional groups attached to an aromatic ring is 1. The van der Waals surface area contributed by atoms with Gasteiger partial charge in [0.1, 0.15) is 0 Å². The largest absolute Gasteiger partial charge is 0.398 e. The summed E-state index contributed by atoms with van der Waals surface area (Å²) in [6.45, 7) is 6.17. The number of rotatable bonds is 6. The number of hydrogen-bond acceptors (Lipinski definition) is 3. The summed E-state index contributed by atoms with van der Waals surface area (Å²) in [5.41, 5.74) is 7.75. The molecule has 0 aromatic heterocycles. The van der Waals surface area contributed by atoms with Gasteiger partial charge in [0.05, 0.1) is 0 Å². The quantitative estimate of drug-likeness (QED) is 0.769. The van der Waals surface area contributed by atoms with E-state index in [1.54, 1.807) is 6.07 Å². The van der Waals surface area contributed by atoms with E-state index in [4.69, 9.17) is 22.4 Å². The molecule has 0 saturated carbocycles. The number of aliphatic hydroxyl groups excluding tert-OH is 1. The molecule has 0 bridgehead atoms. The topological polar surface area (TPSA) is 49.5 Å². The number of nitrogens with two attached hydrogens (primary N) is 1. The summed E-state index contributed by atoms with van der Waals surface area (Å²) >= 11 is 5.87. The van der Waals surface area contributed by atoms with E-state index < -0.39 is 0 Å². The number of halogens is 1. The SMILES string of the molecule is CC(C)N(CCCO)Cc1ccc(Cl)cc1N. The fourth-order valence-corrected chi connectivity index (χ4v) is 1.90. The number of aliphatic hydroxyl groups is 1. The molecule has 0 aliphatic heterocycles. The van der Waals surface area contributed by atoms with Crippen LogP contribution in [-0.2, 0) is 6.54 Å². The highest BCUT2D eigenvalue weighted by molar-refractivity contribution is 6.30. The van der Waals surface area contributed by atoms with E-state index in [-0.39, 0.29) is 6.61 Å². The van der Waals surface area contributed by atoms with Crippen LogP contribution in [0.5, 0.6) is 0 Å². The molecule has 0 spiro atoms. The van der Waals surface area contributed by atoms with Crippen molar-refractivity contribution in [3.63, 3.8) is 0 Å². The Hall–Kier alpha value is -0.770. The van der Waals surface area contributed by atoms with Crippen LogP contribution in [0, 0.1) is 0 Å². The Morgan fingerprint density at radius 1 is 1.41 bits per heavy atom. The van der Waals surface area contributed by atoms with E-state index in [0.29, 0.717) is 11.1 Å². The molecule has 3 nitrogen and oxygen atoms in total. The van der Waals surface area contributed by atoms with Crippen molar-refractivity contribution in [3.05, 3.63) is 28.8 Å². The van der Waals surface area contributed by atoms with Crippen LogP contribution in [-0.4, -0.2) is 29.2 Å². The molecule has 0 aliphatic rings. The van der Waals surface area contributed by atoms with Crippen LogP contribution in [0.3, 0.4) is 0 Å². The Kier molecular flexibility index (Phi) is 5.75. The van der Waals surface area contributed by atoms with Gasteiger partial charge in [0.15, 0.2) is 0 Å². The Morgan fingerprint density at radius 3 is 2.65 bits per heavy atom. The van der Waals surface area contributed by atoms with Crippen molar-refractivity contribution in [2.75, 3.05) is 18.9 Å². The van der Waals surface area contributed by atoms with Crippen molar-refractivity contribution in [2.24, 2.45) is 0 Å². The molecule has 17 heavy (non-hydrogen) atoms. The maximum Gasteiger partial charge on any atom is 0.0443 e. The van der Waals surface area contributed by atoms with Crippen LogP contribution in [0.25, 0.3) is 0 Å². The van der Waals surface area contributed by atoms with Crippen molar-refractivity contribution in [1.29, 1.82) is 0 Å². The van der Waals surface area contributed by atoms with Crippen molar-refractivity contribution < 1.29 is 5.11 Å². The zero-order valence-electron chi connectivity index (χ0n) is 10.5. The summed E-state index contributed by atoms with van der Waals surface area (Å²) in [4.78, 5) is 2.29. The molecule has 0 unspecified atom stereocenters. The molecule has 0 saturated heterocycles. The van der Waals surface area contributed by atoms with Gasteiger partial charge in [-0.2, -0.15) is 0 Å². The molecule has 0 atom stereocenters. The minimum atomic E-state index is 0.222. The molecule has 96 valence electrons. The first-order valence-electron chi connectivity index (χ1n) is 5.93. The first kappa shape index (κ1) is 14.3. The maximum absolute atomic E-state index is 8.89. The van der Waals surface area contributed by atoms with E-state index in [1.165, 1.54) is 0 Å². The first-order valence-corrected chi connectivity index (χ1v) is 6.31. The standard InChI is InChI=1S/C13H21ClN2O/c1-10(2)16(6-3-7-17)9-11-4-5-12(14)8-13(11)15/h4-5,8,10,17H,3,6-7,9,15H2,1-2H3. The average Bonchev–Trinajstić information content (AvgIpc) is 2.26. The average molecular weight is 257 g/mol. The second-order valence-electron chi connectivity index (χ2n) is 4.48. The molecule has 3 N–H and O–H groups in total. The zero-order chi connectivity index (χ0) is 12.8. The molecular formula is C13H21ClN2O. The van der Waals surface area contributed by atoms with Gasteiger partial charge in [0.25, 0.3) is 0 Å². The van der Waals surface area contributed by atoms with Crippen LogP contribution in [0.15, 0.2) is 18.2 Å². The molecule has 4 heteroatoms. The van der Waals surface area contributed by atoms with Crippen LogP contribution >= 0.6 is 11.6 Å². The van der Waals surface area contributed by atoms with Crippen molar-refractivity contribution >= 4 is 17.3 Å². The highest BCUT2D eigenvalue weighted by Gasteiger charge is 2.11. The molecule has 1 aromatic rings. The smallest absolute Gasteiger partial charge is 0.0443 e. The van der Waals surface area contributed by atoms with E-state index in [2.05, 4.69) is 18.7 Å². The lowest BCUT2D eigenvalue weighted by Crippen LogP contribution is -2.32. The minimum Gasteiger partial charge on any atom is -0.398 e. The fourth-order valence-electron chi connectivity index (χ4n) is 1.72. The van der Waals surface area contributed by atoms with Gasteiger partial charge < -0.3 is 10.8 Å². The van der Waals surface area contributed by atoms with Gasteiger partial charge in [-0.25, -0.2) is 0 Å². The number of anilines is 1. The number of hydrogen-bond donors (Lipinski definition) is 2. The Balaban J connectivity index is 2.71. The molecule has 1 aromatic carbocycles. The molecule has 0 aliphatic carbocycles. The third-order valence-corrected chi connectivity index (χ3v) is 3.05. The lowest BCUT2D eigenvalue weighted by molar-refractivity contribution is 0.185. The van der Waals surface area contributed by atoms with Crippen molar-refractivity contribution in [3.8, 4) is 0 Å². The second kappa shape index (κ2) is 6.84. The fraction of sp³-hybridized carbons (Fsp3) is 0.538. The third-order valence-electron chi connectivity index (χ3n) is 2.82. The van der Waals surface area contributed by atoms with Gasteiger partial charge in [0, 0.05) is 36.4 Å². The van der Waals surface area contributed by atoms with Gasteiger partial charge in [-0.3, -0.25) is 4.90 Å². The van der Waals surface area contributed by atoms with Gasteiger partial charge in [0.2, 0.25) is 0 Å². The summed E-state index contributed by atoms with van der Waals surface area (Å²) in [5, 5.41) is 9.55. The monoisotopic (exact) mass is 256 g/mol. The van der Waals surface area contributed by atoms with E-state index in [0.717, 1.165) is 30.8 Å². The van der Waals surface area contributed by atoms with E-state index >= 15 is 0 Å². The van der Waals surface area contributed by atoms with Crippen LogP contribution in [0.1, 0.15) is 25.8 Å². The Morgan fingerprint density at radius 2 is 2.12 bits per heavy atom. The third kappa shape index (κ3) is 4.54. The molecule has 0 amide bonds. The van der Waals surface area contributed by atoms with Crippen LogP contribution < -0.4 is 5.73 Å². The molecular weight excluding hydrogens is 236 g/mol. The van der Waals surface area contributed by atoms with E-state index in [1.807, 2.05) is 12.1 Å². The molecule has 1 rings (SSSR count). The molecule has 0 radical (unpaired) electrons. The lowest BCUT2D eigenvalue weighted by Gasteiger charge is -2.26. The van der Waals surface area contributed by atoms with Gasteiger partial charge in [-0.15, -0.1) is 0 Å².